The van der Waals surface area contributed by atoms with Gasteiger partial charge in [0.05, 0.1) is 6.10 Å². The van der Waals surface area contributed by atoms with Crippen molar-refractivity contribution >= 4 is 0 Å². The fraction of sp³-hybridized carbons (Fsp3) is 0.786. The summed E-state index contributed by atoms with van der Waals surface area (Å²) in [5, 5.41) is 0. The fourth-order valence-corrected chi connectivity index (χ4v) is 7.69. The van der Waals surface area contributed by atoms with Crippen molar-refractivity contribution in [2.45, 2.75) is 116 Å². The first-order valence-electron chi connectivity index (χ1n) is 13.0. The summed E-state index contributed by atoms with van der Waals surface area (Å²) < 4.78 is 13.3. The Bertz CT molecular complexity index is 652. The van der Waals surface area contributed by atoms with Gasteiger partial charge in [-0.2, -0.15) is 0 Å². The Morgan fingerprint density at radius 2 is 1.50 bits per heavy atom. The lowest BCUT2D eigenvalue weighted by Crippen LogP contribution is -2.48. The molecule has 0 heterocycles. The summed E-state index contributed by atoms with van der Waals surface area (Å²) in [4.78, 5) is 0. The van der Waals surface area contributed by atoms with Crippen molar-refractivity contribution in [3.05, 3.63) is 29.8 Å². The summed E-state index contributed by atoms with van der Waals surface area (Å²) >= 11 is 0. The molecule has 166 valence electrons. The predicted octanol–water partition coefficient (Wildman–Crippen LogP) is 7.86. The molecule has 1 aromatic rings. The van der Waals surface area contributed by atoms with Gasteiger partial charge in [0.2, 0.25) is 6.29 Å². The van der Waals surface area contributed by atoms with Gasteiger partial charge in [0, 0.05) is 6.42 Å². The van der Waals surface area contributed by atoms with Crippen LogP contribution in [0.2, 0.25) is 0 Å². The summed E-state index contributed by atoms with van der Waals surface area (Å²) in [7, 11) is 0. The number of ether oxygens (including phenoxy) is 2. The minimum atomic E-state index is -0.0706. The minimum Gasteiger partial charge on any atom is -0.465 e. The molecule has 30 heavy (non-hydrogen) atoms. The highest BCUT2D eigenvalue weighted by atomic mass is 16.7. The summed E-state index contributed by atoms with van der Waals surface area (Å²) in [5.74, 6) is 4.57. The van der Waals surface area contributed by atoms with E-state index in [1.165, 1.54) is 82.6 Å². The number of hydrogen-bond acceptors (Lipinski definition) is 2. The third kappa shape index (κ3) is 4.59. The first kappa shape index (κ1) is 20.9. The Morgan fingerprint density at radius 1 is 0.900 bits per heavy atom. The standard InChI is InChI=1S/C28H42O2/c1-3-20(2)24-9-11-26(12-10-24)30-27(29-25-7-5-4-6-8-25)19-28-16-21-13-22(17-28)15-23(14-21)18-28/h9-12,20-23,25,27H,3-8,13-19H2,1-2H3. The molecule has 5 fully saturated rings. The maximum atomic E-state index is 6.71. The van der Waals surface area contributed by atoms with Gasteiger partial charge < -0.3 is 9.47 Å². The lowest BCUT2D eigenvalue weighted by Gasteiger charge is -2.57. The number of rotatable bonds is 8. The van der Waals surface area contributed by atoms with Crippen LogP contribution in [0, 0.1) is 23.2 Å². The van der Waals surface area contributed by atoms with Gasteiger partial charge in [-0.15, -0.1) is 0 Å². The zero-order valence-electron chi connectivity index (χ0n) is 19.3. The molecular weight excluding hydrogens is 368 g/mol. The fourth-order valence-electron chi connectivity index (χ4n) is 7.69. The lowest BCUT2D eigenvalue weighted by atomic mass is 9.49. The van der Waals surface area contributed by atoms with Crippen LogP contribution >= 0.6 is 0 Å². The predicted molar refractivity (Wildman–Crippen MR) is 123 cm³/mol. The van der Waals surface area contributed by atoms with Crippen LogP contribution < -0.4 is 4.74 Å². The van der Waals surface area contributed by atoms with Crippen molar-refractivity contribution < 1.29 is 9.47 Å². The second kappa shape index (κ2) is 8.85. The van der Waals surface area contributed by atoms with E-state index in [9.17, 15) is 0 Å². The molecule has 2 heteroatoms. The van der Waals surface area contributed by atoms with Crippen molar-refractivity contribution in [3.63, 3.8) is 0 Å². The Morgan fingerprint density at radius 3 is 2.07 bits per heavy atom. The molecule has 0 radical (unpaired) electrons. The van der Waals surface area contributed by atoms with Gasteiger partial charge in [0.25, 0.3) is 0 Å². The number of hydrogen-bond donors (Lipinski definition) is 0. The molecule has 0 saturated heterocycles. The highest BCUT2D eigenvalue weighted by Crippen LogP contribution is 2.61. The molecule has 2 unspecified atom stereocenters. The van der Waals surface area contributed by atoms with Crippen LogP contribution in [0.4, 0.5) is 0 Å². The van der Waals surface area contributed by atoms with Crippen LogP contribution in [-0.2, 0) is 4.74 Å². The topological polar surface area (TPSA) is 18.5 Å². The number of benzene rings is 1. The molecule has 0 spiro atoms. The van der Waals surface area contributed by atoms with Gasteiger partial charge in [-0.3, -0.25) is 0 Å². The monoisotopic (exact) mass is 410 g/mol. The highest BCUT2D eigenvalue weighted by Gasteiger charge is 2.52. The molecule has 6 rings (SSSR count). The average Bonchev–Trinajstić information content (AvgIpc) is 2.73. The Balaban J connectivity index is 1.30. The van der Waals surface area contributed by atoms with E-state index in [0.717, 1.165) is 29.9 Å². The lowest BCUT2D eigenvalue weighted by molar-refractivity contribution is -0.169. The van der Waals surface area contributed by atoms with Crippen LogP contribution in [0.15, 0.2) is 24.3 Å². The van der Waals surface area contributed by atoms with E-state index in [1.54, 1.807) is 0 Å². The molecule has 0 aliphatic heterocycles. The summed E-state index contributed by atoms with van der Waals surface area (Å²) in [6.07, 6.45) is 17.9. The van der Waals surface area contributed by atoms with Crippen LogP contribution in [0.3, 0.4) is 0 Å². The molecule has 2 atom stereocenters. The SMILES string of the molecule is CCC(C)c1ccc(OC(CC23CC4CC(CC(C4)C2)C3)OC2CCCCC2)cc1. The van der Waals surface area contributed by atoms with Gasteiger partial charge >= 0.3 is 0 Å². The van der Waals surface area contributed by atoms with Crippen LogP contribution in [0.5, 0.6) is 5.75 Å². The molecule has 2 nitrogen and oxygen atoms in total. The molecule has 5 saturated carbocycles. The van der Waals surface area contributed by atoms with Gasteiger partial charge in [-0.25, -0.2) is 0 Å². The third-order valence-electron chi connectivity index (χ3n) is 8.99. The van der Waals surface area contributed by atoms with E-state index < -0.39 is 0 Å². The zero-order valence-corrected chi connectivity index (χ0v) is 19.3. The third-order valence-corrected chi connectivity index (χ3v) is 8.99. The Labute approximate surface area is 184 Å². The van der Waals surface area contributed by atoms with E-state index in [2.05, 4.69) is 38.1 Å². The van der Waals surface area contributed by atoms with E-state index in [-0.39, 0.29) is 6.29 Å². The molecule has 5 aliphatic rings. The minimum absolute atomic E-state index is 0.0706. The molecule has 0 N–H and O–H groups in total. The summed E-state index contributed by atoms with van der Waals surface area (Å²) in [5.41, 5.74) is 1.90. The van der Waals surface area contributed by atoms with Crippen molar-refractivity contribution in [2.24, 2.45) is 23.2 Å². The zero-order chi connectivity index (χ0) is 20.6. The van der Waals surface area contributed by atoms with Crippen molar-refractivity contribution in [1.82, 2.24) is 0 Å². The van der Waals surface area contributed by atoms with Gasteiger partial charge in [-0.1, -0.05) is 45.2 Å². The first-order valence-corrected chi connectivity index (χ1v) is 13.0. The Kier molecular flexibility index (Phi) is 6.15. The average molecular weight is 411 g/mol. The highest BCUT2D eigenvalue weighted by molar-refractivity contribution is 5.29. The quantitative estimate of drug-likeness (QED) is 0.406. The smallest absolute Gasteiger partial charge is 0.200 e. The van der Waals surface area contributed by atoms with Crippen molar-refractivity contribution in [2.75, 3.05) is 0 Å². The van der Waals surface area contributed by atoms with Gasteiger partial charge in [0.15, 0.2) is 0 Å². The molecule has 5 aliphatic carbocycles. The van der Waals surface area contributed by atoms with Crippen molar-refractivity contribution in [3.8, 4) is 5.75 Å². The van der Waals surface area contributed by atoms with Gasteiger partial charge in [-0.05, 0) is 105 Å². The van der Waals surface area contributed by atoms with Crippen molar-refractivity contribution in [1.29, 1.82) is 0 Å². The van der Waals surface area contributed by atoms with Crippen LogP contribution in [0.25, 0.3) is 0 Å². The van der Waals surface area contributed by atoms with Gasteiger partial charge in [0.1, 0.15) is 5.75 Å². The first-order chi connectivity index (χ1) is 14.6. The second-order valence-corrected chi connectivity index (χ2v) is 11.4. The normalized spacial score (nSPS) is 35.3. The molecular formula is C28H42O2. The second-order valence-electron chi connectivity index (χ2n) is 11.4. The Hall–Kier alpha value is -1.02. The van der Waals surface area contributed by atoms with E-state index in [1.807, 2.05) is 0 Å². The van der Waals surface area contributed by atoms with Crippen LogP contribution in [0.1, 0.15) is 109 Å². The molecule has 0 amide bonds. The maximum absolute atomic E-state index is 6.71. The van der Waals surface area contributed by atoms with E-state index in [0.29, 0.717) is 17.4 Å². The summed E-state index contributed by atoms with van der Waals surface area (Å²) in [6.45, 7) is 4.56. The van der Waals surface area contributed by atoms with Crippen LogP contribution in [-0.4, -0.2) is 12.4 Å². The largest absolute Gasteiger partial charge is 0.465 e. The molecule has 0 aromatic heterocycles. The van der Waals surface area contributed by atoms with E-state index >= 15 is 0 Å². The summed E-state index contributed by atoms with van der Waals surface area (Å²) in [6, 6.07) is 8.87. The maximum Gasteiger partial charge on any atom is 0.200 e. The molecule has 4 bridgehead atoms. The van der Waals surface area contributed by atoms with E-state index in [4.69, 9.17) is 9.47 Å². The molecule has 1 aromatic carbocycles.